The summed E-state index contributed by atoms with van der Waals surface area (Å²) in [5, 5.41) is 12.1. The second-order valence-corrected chi connectivity index (χ2v) is 9.30. The van der Waals surface area contributed by atoms with Gasteiger partial charge in [-0.15, -0.1) is 23.2 Å². The summed E-state index contributed by atoms with van der Waals surface area (Å²) < 4.78 is 5.31. The first kappa shape index (κ1) is 26.4. The van der Waals surface area contributed by atoms with Gasteiger partial charge in [-0.05, 0) is 56.4 Å². The Kier molecular flexibility index (Phi) is 10.8. The lowest BCUT2D eigenvalue weighted by molar-refractivity contribution is -0.137. The fourth-order valence-corrected chi connectivity index (χ4v) is 3.64. The number of aliphatic carboxylic acids is 1. The van der Waals surface area contributed by atoms with Crippen LogP contribution in [0.15, 0.2) is 18.2 Å². The number of halogens is 2. The minimum absolute atomic E-state index is 0.200. The Labute approximate surface area is 189 Å². The molecule has 6 nitrogen and oxygen atoms in total. The first-order chi connectivity index (χ1) is 14.0. The molecular formula is C22H34Cl2N2O4. The van der Waals surface area contributed by atoms with Crippen LogP contribution in [0.3, 0.4) is 0 Å². The maximum atomic E-state index is 12.2. The second-order valence-electron chi connectivity index (χ2n) is 8.55. The number of benzene rings is 1. The third-order valence-corrected chi connectivity index (χ3v) is 4.77. The fraction of sp³-hybridized carbons (Fsp3) is 0.636. The van der Waals surface area contributed by atoms with Crippen LogP contribution >= 0.6 is 23.2 Å². The zero-order valence-corrected chi connectivity index (χ0v) is 20.0. The lowest BCUT2D eigenvalue weighted by atomic mass is 9.91. The van der Waals surface area contributed by atoms with E-state index in [1.807, 2.05) is 12.1 Å². The molecule has 0 radical (unpaired) electrons. The van der Waals surface area contributed by atoms with Crippen molar-refractivity contribution in [1.29, 1.82) is 0 Å². The summed E-state index contributed by atoms with van der Waals surface area (Å²) in [6, 6.07) is 5.53. The van der Waals surface area contributed by atoms with Crippen molar-refractivity contribution in [2.75, 3.05) is 29.7 Å². The largest absolute Gasteiger partial charge is 0.481 e. The molecule has 1 aromatic carbocycles. The normalized spacial score (nSPS) is 12.5. The average Bonchev–Trinajstić information content (AvgIpc) is 2.58. The van der Waals surface area contributed by atoms with Gasteiger partial charge in [-0.3, -0.25) is 4.79 Å². The van der Waals surface area contributed by atoms with Crippen LogP contribution in [0, 0.1) is 0 Å². The number of nitrogens with zero attached hydrogens (tertiary/aromatic N) is 1. The molecular weight excluding hydrogens is 427 g/mol. The predicted molar refractivity (Wildman–Crippen MR) is 123 cm³/mol. The van der Waals surface area contributed by atoms with Crippen molar-refractivity contribution in [3.8, 4) is 0 Å². The Morgan fingerprint density at radius 2 is 1.77 bits per heavy atom. The number of carboxylic acids is 1. The van der Waals surface area contributed by atoms with E-state index in [1.54, 1.807) is 20.8 Å². The zero-order chi connectivity index (χ0) is 22.9. The number of carbonyl (C=O) groups excluding carboxylic acids is 1. The van der Waals surface area contributed by atoms with E-state index in [0.717, 1.165) is 16.8 Å². The monoisotopic (exact) mass is 460 g/mol. The van der Waals surface area contributed by atoms with Gasteiger partial charge in [-0.1, -0.05) is 19.9 Å². The standard InChI is InChI=1S/C22H34Cl2N2O4/c1-15(2)19-7-6-18(26(10-8-23)11-9-24)13-16(19)12-17(14-20(27)28)25-21(29)30-22(3,4)5/h6-7,13,15,17H,8-12,14H2,1-5H3,(H,25,29)(H,27,28)/t17-/m0/s1. The number of amides is 1. The highest BCUT2D eigenvalue weighted by Gasteiger charge is 2.23. The van der Waals surface area contributed by atoms with Crippen molar-refractivity contribution in [2.45, 2.75) is 65.0 Å². The van der Waals surface area contributed by atoms with E-state index in [1.165, 1.54) is 0 Å². The lowest BCUT2D eigenvalue weighted by Gasteiger charge is -2.27. The molecule has 0 bridgehead atoms. The Morgan fingerprint density at radius 1 is 1.17 bits per heavy atom. The van der Waals surface area contributed by atoms with E-state index >= 15 is 0 Å². The number of alkyl carbamates (subject to hydrolysis) is 1. The molecule has 30 heavy (non-hydrogen) atoms. The molecule has 0 aliphatic heterocycles. The molecule has 0 aliphatic carbocycles. The van der Waals surface area contributed by atoms with Crippen molar-refractivity contribution >= 4 is 41.0 Å². The molecule has 1 aromatic rings. The van der Waals surface area contributed by atoms with Gasteiger partial charge in [0.25, 0.3) is 0 Å². The van der Waals surface area contributed by atoms with E-state index in [-0.39, 0.29) is 12.3 Å². The number of hydrogen-bond acceptors (Lipinski definition) is 4. The average molecular weight is 461 g/mol. The number of ether oxygens (including phenoxy) is 1. The van der Waals surface area contributed by atoms with Crippen LogP contribution < -0.4 is 10.2 Å². The van der Waals surface area contributed by atoms with Gasteiger partial charge < -0.3 is 20.1 Å². The molecule has 0 spiro atoms. The van der Waals surface area contributed by atoms with Gasteiger partial charge >= 0.3 is 12.1 Å². The van der Waals surface area contributed by atoms with Crippen LogP contribution in [-0.4, -0.2) is 53.7 Å². The molecule has 0 fully saturated rings. The molecule has 1 rings (SSSR count). The van der Waals surface area contributed by atoms with Crippen molar-refractivity contribution in [1.82, 2.24) is 5.32 Å². The molecule has 0 heterocycles. The van der Waals surface area contributed by atoms with Crippen LogP contribution in [0.1, 0.15) is 58.1 Å². The summed E-state index contributed by atoms with van der Waals surface area (Å²) in [6.07, 6.45) is -0.446. The summed E-state index contributed by atoms with van der Waals surface area (Å²) >= 11 is 11.9. The molecule has 0 aromatic heterocycles. The topological polar surface area (TPSA) is 78.9 Å². The number of carbonyl (C=O) groups is 2. The van der Waals surface area contributed by atoms with E-state index < -0.39 is 23.7 Å². The smallest absolute Gasteiger partial charge is 0.407 e. The molecule has 0 saturated heterocycles. The first-order valence-corrected chi connectivity index (χ1v) is 11.2. The Hall–Kier alpha value is -1.66. The predicted octanol–water partition coefficient (Wildman–Crippen LogP) is 5.00. The van der Waals surface area contributed by atoms with Crippen molar-refractivity contribution < 1.29 is 19.4 Å². The minimum atomic E-state index is -0.982. The van der Waals surface area contributed by atoms with Crippen LogP contribution in [0.2, 0.25) is 0 Å². The summed E-state index contributed by atoms with van der Waals surface area (Å²) in [5.74, 6) is 0.208. The highest BCUT2D eigenvalue weighted by Crippen LogP contribution is 2.27. The number of nitrogens with one attached hydrogen (secondary N) is 1. The van der Waals surface area contributed by atoms with Crippen molar-refractivity contribution in [3.05, 3.63) is 29.3 Å². The summed E-state index contributed by atoms with van der Waals surface area (Å²) in [6.45, 7) is 10.8. The van der Waals surface area contributed by atoms with Gasteiger partial charge in [0.1, 0.15) is 5.60 Å². The van der Waals surface area contributed by atoms with Gasteiger partial charge in [0.05, 0.1) is 6.42 Å². The van der Waals surface area contributed by atoms with E-state index in [4.69, 9.17) is 27.9 Å². The zero-order valence-electron chi connectivity index (χ0n) is 18.5. The van der Waals surface area contributed by atoms with E-state index in [9.17, 15) is 14.7 Å². The highest BCUT2D eigenvalue weighted by atomic mass is 35.5. The summed E-state index contributed by atoms with van der Waals surface area (Å²) in [7, 11) is 0. The first-order valence-electron chi connectivity index (χ1n) is 10.2. The Bertz CT molecular complexity index is 699. The number of rotatable bonds is 11. The third-order valence-electron chi connectivity index (χ3n) is 4.43. The lowest BCUT2D eigenvalue weighted by Crippen LogP contribution is -2.41. The van der Waals surface area contributed by atoms with Crippen molar-refractivity contribution in [2.24, 2.45) is 0 Å². The Balaban J connectivity index is 3.19. The molecule has 1 amide bonds. The van der Waals surface area contributed by atoms with Crippen LogP contribution in [0.5, 0.6) is 0 Å². The SMILES string of the molecule is CC(C)c1ccc(N(CCCl)CCCl)cc1C[C@@H](CC(=O)O)NC(=O)OC(C)(C)C. The maximum absolute atomic E-state index is 12.2. The molecule has 1 atom stereocenters. The number of alkyl halides is 2. The second kappa shape index (κ2) is 12.3. The van der Waals surface area contributed by atoms with E-state index in [2.05, 4.69) is 30.1 Å². The Morgan fingerprint density at radius 3 is 2.23 bits per heavy atom. The highest BCUT2D eigenvalue weighted by molar-refractivity contribution is 6.18. The number of hydrogen-bond donors (Lipinski definition) is 2. The molecule has 0 saturated carbocycles. The van der Waals surface area contributed by atoms with E-state index in [0.29, 0.717) is 31.3 Å². The molecule has 8 heteroatoms. The third kappa shape index (κ3) is 9.43. The number of carboxylic acid groups (broad SMARTS) is 1. The van der Waals surface area contributed by atoms with Gasteiger partial charge in [0.2, 0.25) is 0 Å². The van der Waals surface area contributed by atoms with Crippen LogP contribution in [0.25, 0.3) is 0 Å². The molecule has 0 unspecified atom stereocenters. The number of anilines is 1. The summed E-state index contributed by atoms with van der Waals surface area (Å²) in [5.41, 5.74) is 2.41. The van der Waals surface area contributed by atoms with Gasteiger partial charge in [-0.25, -0.2) is 4.79 Å². The quantitative estimate of drug-likeness (QED) is 0.453. The minimum Gasteiger partial charge on any atom is -0.481 e. The van der Waals surface area contributed by atoms with Crippen LogP contribution in [0.4, 0.5) is 10.5 Å². The molecule has 2 N–H and O–H groups in total. The van der Waals surface area contributed by atoms with Crippen LogP contribution in [-0.2, 0) is 16.0 Å². The summed E-state index contributed by atoms with van der Waals surface area (Å²) in [4.78, 5) is 25.7. The van der Waals surface area contributed by atoms with Crippen molar-refractivity contribution in [3.63, 3.8) is 0 Å². The molecule has 170 valence electrons. The molecule has 0 aliphatic rings. The van der Waals surface area contributed by atoms with Gasteiger partial charge in [0, 0.05) is 36.6 Å². The van der Waals surface area contributed by atoms with Gasteiger partial charge in [-0.2, -0.15) is 0 Å². The fourth-order valence-electron chi connectivity index (χ4n) is 3.23. The maximum Gasteiger partial charge on any atom is 0.407 e. The van der Waals surface area contributed by atoms with Gasteiger partial charge in [0.15, 0.2) is 0 Å².